The van der Waals surface area contributed by atoms with E-state index in [1.165, 1.54) is 31.4 Å². The van der Waals surface area contributed by atoms with E-state index in [9.17, 15) is 18.0 Å². The molecule has 0 spiro atoms. The van der Waals surface area contributed by atoms with E-state index in [0.29, 0.717) is 22.6 Å². The number of methoxy groups -OCH3 is 1. The summed E-state index contributed by atoms with van der Waals surface area (Å²) >= 11 is 0. The molecule has 0 fully saturated rings. The molecular weight excluding hydrogens is 361 g/mol. The molecule has 7 heteroatoms. The summed E-state index contributed by atoms with van der Waals surface area (Å²) in [6.07, 6.45) is -4.72. The summed E-state index contributed by atoms with van der Waals surface area (Å²) in [5.74, 6) is 0.516. The summed E-state index contributed by atoms with van der Waals surface area (Å²) in [4.78, 5) is 12.4. The van der Waals surface area contributed by atoms with Gasteiger partial charge in [-0.15, -0.1) is 13.2 Å². The molecular formula is C20H21F3O4. The SMILES string of the molecule is COc1cc(C(=O)C(C)(C)C)ccc1OCc1ccc(OC(F)(F)F)cc1. The lowest BCUT2D eigenvalue weighted by Gasteiger charge is -2.18. The van der Waals surface area contributed by atoms with Crippen LogP contribution >= 0.6 is 0 Å². The van der Waals surface area contributed by atoms with Crippen molar-refractivity contribution in [2.24, 2.45) is 5.41 Å². The molecule has 0 saturated carbocycles. The van der Waals surface area contributed by atoms with Gasteiger partial charge in [0.15, 0.2) is 17.3 Å². The Bertz CT molecular complexity index is 790. The molecule has 4 nitrogen and oxygen atoms in total. The first-order valence-corrected chi connectivity index (χ1v) is 8.20. The normalized spacial score (nSPS) is 11.8. The molecule has 0 bridgehead atoms. The molecule has 2 rings (SSSR count). The van der Waals surface area contributed by atoms with Gasteiger partial charge in [-0.2, -0.15) is 0 Å². The van der Waals surface area contributed by atoms with Crippen LogP contribution in [-0.4, -0.2) is 19.3 Å². The number of Topliss-reactive ketones (excluding diaryl/α,β-unsaturated/α-hetero) is 1. The van der Waals surface area contributed by atoms with Crippen LogP contribution in [0.5, 0.6) is 17.2 Å². The Morgan fingerprint density at radius 3 is 2.11 bits per heavy atom. The molecule has 2 aromatic rings. The first-order valence-electron chi connectivity index (χ1n) is 8.20. The number of alkyl halides is 3. The zero-order chi connectivity index (χ0) is 20.2. The third-order valence-electron chi connectivity index (χ3n) is 3.66. The molecule has 2 aromatic carbocycles. The predicted molar refractivity (Wildman–Crippen MR) is 94.2 cm³/mol. The number of hydrogen-bond donors (Lipinski definition) is 0. The second-order valence-electron chi connectivity index (χ2n) is 6.93. The van der Waals surface area contributed by atoms with Crippen molar-refractivity contribution in [2.45, 2.75) is 33.7 Å². The molecule has 0 radical (unpaired) electrons. The summed E-state index contributed by atoms with van der Waals surface area (Å²) in [6, 6.07) is 10.3. The maximum Gasteiger partial charge on any atom is 0.573 e. The Morgan fingerprint density at radius 1 is 0.963 bits per heavy atom. The Hall–Kier alpha value is -2.70. The van der Waals surface area contributed by atoms with Crippen LogP contribution in [0.25, 0.3) is 0 Å². The highest BCUT2D eigenvalue weighted by Crippen LogP contribution is 2.32. The largest absolute Gasteiger partial charge is 0.573 e. The number of carbonyl (C=O) groups is 1. The highest BCUT2D eigenvalue weighted by molar-refractivity contribution is 6.00. The third kappa shape index (κ3) is 5.91. The van der Waals surface area contributed by atoms with Crippen molar-refractivity contribution in [3.05, 3.63) is 53.6 Å². The number of benzene rings is 2. The number of hydrogen-bond acceptors (Lipinski definition) is 4. The van der Waals surface area contributed by atoms with Crippen LogP contribution in [0.15, 0.2) is 42.5 Å². The van der Waals surface area contributed by atoms with Gasteiger partial charge in [-0.25, -0.2) is 0 Å². The number of rotatable bonds is 6. The molecule has 0 aliphatic carbocycles. The average molecular weight is 382 g/mol. The lowest BCUT2D eigenvalue weighted by atomic mass is 9.86. The van der Waals surface area contributed by atoms with Gasteiger partial charge < -0.3 is 14.2 Å². The van der Waals surface area contributed by atoms with E-state index in [4.69, 9.17) is 9.47 Å². The molecule has 146 valence electrons. The lowest BCUT2D eigenvalue weighted by Crippen LogP contribution is -2.20. The van der Waals surface area contributed by atoms with Crippen LogP contribution in [0.4, 0.5) is 13.2 Å². The maximum absolute atomic E-state index is 12.4. The van der Waals surface area contributed by atoms with Crippen LogP contribution in [-0.2, 0) is 6.61 Å². The summed E-state index contributed by atoms with van der Waals surface area (Å²) in [5.41, 5.74) is 0.648. The van der Waals surface area contributed by atoms with Crippen molar-refractivity contribution in [2.75, 3.05) is 7.11 Å². The fourth-order valence-electron chi connectivity index (χ4n) is 2.31. The molecule has 0 saturated heterocycles. The van der Waals surface area contributed by atoms with Gasteiger partial charge in [0.05, 0.1) is 7.11 Å². The van der Waals surface area contributed by atoms with E-state index < -0.39 is 11.8 Å². The van der Waals surface area contributed by atoms with Crippen LogP contribution in [0.2, 0.25) is 0 Å². The molecule has 0 aliphatic rings. The van der Waals surface area contributed by atoms with Gasteiger partial charge in [0.2, 0.25) is 0 Å². The minimum absolute atomic E-state index is 0.0207. The van der Waals surface area contributed by atoms with Crippen molar-refractivity contribution < 1.29 is 32.2 Å². The zero-order valence-corrected chi connectivity index (χ0v) is 15.5. The van der Waals surface area contributed by atoms with Crippen LogP contribution in [0, 0.1) is 5.41 Å². The van der Waals surface area contributed by atoms with Gasteiger partial charge in [0.25, 0.3) is 0 Å². The number of ether oxygens (including phenoxy) is 3. The monoisotopic (exact) mass is 382 g/mol. The summed E-state index contributed by atoms with van der Waals surface area (Å²) < 4.78 is 51.3. The predicted octanol–water partition coefficient (Wildman–Crippen LogP) is 5.40. The molecule has 0 N–H and O–H groups in total. The average Bonchev–Trinajstić information content (AvgIpc) is 2.58. The topological polar surface area (TPSA) is 44.8 Å². The molecule has 0 aliphatic heterocycles. The van der Waals surface area contributed by atoms with Gasteiger partial charge >= 0.3 is 6.36 Å². The molecule has 0 amide bonds. The summed E-state index contributed by atoms with van der Waals surface area (Å²) in [6.45, 7) is 5.62. The molecule has 27 heavy (non-hydrogen) atoms. The lowest BCUT2D eigenvalue weighted by molar-refractivity contribution is -0.274. The van der Waals surface area contributed by atoms with Crippen molar-refractivity contribution in [3.8, 4) is 17.2 Å². The first kappa shape index (κ1) is 20.6. The number of carbonyl (C=O) groups excluding carboxylic acids is 1. The van der Waals surface area contributed by atoms with E-state index in [2.05, 4.69) is 4.74 Å². The molecule has 0 atom stereocenters. The highest BCUT2D eigenvalue weighted by atomic mass is 19.4. The highest BCUT2D eigenvalue weighted by Gasteiger charge is 2.31. The number of halogens is 3. The molecule has 0 unspecified atom stereocenters. The summed E-state index contributed by atoms with van der Waals surface area (Å²) in [5, 5.41) is 0. The fraction of sp³-hybridized carbons (Fsp3) is 0.350. The Labute approximate surface area is 155 Å². The van der Waals surface area contributed by atoms with Gasteiger partial charge in [-0.05, 0) is 35.9 Å². The van der Waals surface area contributed by atoms with Crippen molar-refractivity contribution in [1.82, 2.24) is 0 Å². The molecule has 0 heterocycles. The first-order chi connectivity index (χ1) is 12.5. The minimum Gasteiger partial charge on any atom is -0.493 e. The van der Waals surface area contributed by atoms with E-state index in [1.807, 2.05) is 20.8 Å². The quantitative estimate of drug-likeness (QED) is 0.628. The maximum atomic E-state index is 12.4. The zero-order valence-electron chi connectivity index (χ0n) is 15.5. The van der Waals surface area contributed by atoms with Crippen molar-refractivity contribution >= 4 is 5.78 Å². The van der Waals surface area contributed by atoms with Crippen molar-refractivity contribution in [3.63, 3.8) is 0 Å². The van der Waals surface area contributed by atoms with Gasteiger partial charge in [0, 0.05) is 11.0 Å². The fourth-order valence-corrected chi connectivity index (χ4v) is 2.31. The van der Waals surface area contributed by atoms with E-state index in [-0.39, 0.29) is 18.1 Å². The third-order valence-corrected chi connectivity index (χ3v) is 3.66. The van der Waals surface area contributed by atoms with Crippen molar-refractivity contribution in [1.29, 1.82) is 0 Å². The number of ketones is 1. The standard InChI is InChI=1S/C20H21F3O4/c1-19(2,3)18(24)14-7-10-16(17(11-14)25-4)26-12-13-5-8-15(9-6-13)27-20(21,22)23/h5-11H,12H2,1-4H3. The van der Waals surface area contributed by atoms with E-state index in [1.54, 1.807) is 18.2 Å². The minimum atomic E-state index is -4.72. The van der Waals surface area contributed by atoms with Crippen LogP contribution in [0.3, 0.4) is 0 Å². The van der Waals surface area contributed by atoms with Gasteiger partial charge in [0.1, 0.15) is 12.4 Å². The second-order valence-corrected chi connectivity index (χ2v) is 6.93. The van der Waals surface area contributed by atoms with E-state index >= 15 is 0 Å². The molecule has 0 aromatic heterocycles. The van der Waals surface area contributed by atoms with Gasteiger partial charge in [-0.1, -0.05) is 32.9 Å². The smallest absolute Gasteiger partial charge is 0.493 e. The van der Waals surface area contributed by atoms with Crippen LogP contribution < -0.4 is 14.2 Å². The Morgan fingerprint density at radius 2 is 1.59 bits per heavy atom. The van der Waals surface area contributed by atoms with Crippen LogP contribution in [0.1, 0.15) is 36.7 Å². The second kappa shape index (κ2) is 7.90. The van der Waals surface area contributed by atoms with E-state index in [0.717, 1.165) is 0 Å². The van der Waals surface area contributed by atoms with Gasteiger partial charge in [-0.3, -0.25) is 4.79 Å². The summed E-state index contributed by atoms with van der Waals surface area (Å²) in [7, 11) is 1.47. The Balaban J connectivity index is 2.08. The Kier molecular flexibility index (Phi) is 6.03.